The summed E-state index contributed by atoms with van der Waals surface area (Å²) in [6.45, 7) is 3.19. The van der Waals surface area contributed by atoms with E-state index in [-0.39, 0.29) is 30.7 Å². The number of morpholine rings is 1. The number of rotatable bonds is 7. The summed E-state index contributed by atoms with van der Waals surface area (Å²) in [6, 6.07) is 11.3. The standard InChI is InChI=1S/C18H24N2O5S/c1-15-10-25-14-18(13-21,20(15)9-16-5-3-2-4-6-16)12-19-26(22,23)17-7-8-24-11-17/h2-8,11,15,19,21H,9-10,12-14H2,1H3/t15-,18+/m1/s1. The Bertz CT molecular complexity index is 794. The Hall–Kier alpha value is -1.71. The Labute approximate surface area is 153 Å². The summed E-state index contributed by atoms with van der Waals surface area (Å²) in [7, 11) is -3.72. The molecule has 0 aliphatic carbocycles. The normalized spacial score (nSPS) is 24.6. The van der Waals surface area contributed by atoms with E-state index in [9.17, 15) is 13.5 Å². The molecule has 7 nitrogen and oxygen atoms in total. The number of ether oxygens (including phenoxy) is 1. The zero-order chi connectivity index (χ0) is 18.6. The summed E-state index contributed by atoms with van der Waals surface area (Å²) < 4.78 is 38.0. The molecule has 1 aromatic heterocycles. The number of sulfonamides is 1. The van der Waals surface area contributed by atoms with E-state index in [1.165, 1.54) is 18.6 Å². The van der Waals surface area contributed by atoms with Crippen molar-refractivity contribution in [1.29, 1.82) is 0 Å². The topological polar surface area (TPSA) is 92.0 Å². The number of hydrogen-bond donors (Lipinski definition) is 2. The van der Waals surface area contributed by atoms with Crippen molar-refractivity contribution in [2.24, 2.45) is 0 Å². The van der Waals surface area contributed by atoms with Gasteiger partial charge in [-0.2, -0.15) is 0 Å². The second-order valence-electron chi connectivity index (χ2n) is 6.64. The quantitative estimate of drug-likeness (QED) is 0.750. The van der Waals surface area contributed by atoms with Gasteiger partial charge in [0.05, 0.1) is 31.6 Å². The van der Waals surface area contributed by atoms with Crippen LogP contribution >= 0.6 is 0 Å². The van der Waals surface area contributed by atoms with Crippen molar-refractivity contribution < 1.29 is 22.7 Å². The van der Waals surface area contributed by atoms with Gasteiger partial charge < -0.3 is 14.3 Å². The maximum Gasteiger partial charge on any atom is 0.243 e. The van der Waals surface area contributed by atoms with Crippen LogP contribution in [-0.4, -0.2) is 56.4 Å². The van der Waals surface area contributed by atoms with Crippen molar-refractivity contribution in [2.75, 3.05) is 26.4 Å². The number of nitrogens with one attached hydrogen (secondary N) is 1. The molecule has 2 heterocycles. The van der Waals surface area contributed by atoms with Crippen LogP contribution in [0.25, 0.3) is 0 Å². The van der Waals surface area contributed by atoms with Gasteiger partial charge in [-0.25, -0.2) is 13.1 Å². The number of aliphatic hydroxyl groups excluding tert-OH is 1. The van der Waals surface area contributed by atoms with Gasteiger partial charge in [0.25, 0.3) is 0 Å². The first-order valence-corrected chi connectivity index (χ1v) is 9.96. The minimum absolute atomic E-state index is 0.0359. The molecule has 0 unspecified atom stereocenters. The molecule has 1 aromatic carbocycles. The number of benzene rings is 1. The number of hydrogen-bond acceptors (Lipinski definition) is 6. The Kier molecular flexibility index (Phi) is 5.79. The lowest BCUT2D eigenvalue weighted by atomic mass is 9.94. The van der Waals surface area contributed by atoms with Crippen LogP contribution in [0.5, 0.6) is 0 Å². The molecule has 2 atom stereocenters. The molecule has 0 bridgehead atoms. The fourth-order valence-electron chi connectivity index (χ4n) is 3.23. The molecule has 0 saturated carbocycles. The minimum Gasteiger partial charge on any atom is -0.471 e. The molecule has 142 valence electrons. The van der Waals surface area contributed by atoms with E-state index < -0.39 is 15.6 Å². The molecular formula is C18H24N2O5S. The number of aliphatic hydroxyl groups is 1. The van der Waals surface area contributed by atoms with Gasteiger partial charge in [0.2, 0.25) is 10.0 Å². The van der Waals surface area contributed by atoms with Gasteiger partial charge in [-0.3, -0.25) is 4.90 Å². The highest BCUT2D eigenvalue weighted by Crippen LogP contribution is 2.27. The first-order chi connectivity index (χ1) is 12.5. The van der Waals surface area contributed by atoms with Crippen LogP contribution in [0.4, 0.5) is 0 Å². The van der Waals surface area contributed by atoms with E-state index in [0.717, 1.165) is 5.56 Å². The molecule has 3 rings (SSSR count). The molecule has 1 fully saturated rings. The summed E-state index contributed by atoms with van der Waals surface area (Å²) in [4.78, 5) is 2.17. The van der Waals surface area contributed by atoms with Crippen LogP contribution in [0.2, 0.25) is 0 Å². The lowest BCUT2D eigenvalue weighted by Crippen LogP contribution is -2.66. The summed E-state index contributed by atoms with van der Waals surface area (Å²) in [5.74, 6) is 0. The summed E-state index contributed by atoms with van der Waals surface area (Å²) in [5, 5.41) is 10.2. The fraction of sp³-hybridized carbons (Fsp3) is 0.444. The van der Waals surface area contributed by atoms with Crippen LogP contribution in [-0.2, 0) is 21.3 Å². The third kappa shape index (κ3) is 3.99. The summed E-state index contributed by atoms with van der Waals surface area (Å²) in [6.07, 6.45) is 2.49. The molecule has 2 N–H and O–H groups in total. The predicted octanol–water partition coefficient (Wildman–Crippen LogP) is 1.21. The molecule has 26 heavy (non-hydrogen) atoms. The van der Waals surface area contributed by atoms with Gasteiger partial charge in [-0.1, -0.05) is 30.3 Å². The summed E-state index contributed by atoms with van der Waals surface area (Å²) >= 11 is 0. The summed E-state index contributed by atoms with van der Waals surface area (Å²) in [5.41, 5.74) is 0.251. The molecule has 8 heteroatoms. The van der Waals surface area contributed by atoms with Crippen LogP contribution in [0.15, 0.2) is 58.2 Å². The Balaban J connectivity index is 1.81. The molecule has 0 amide bonds. The highest BCUT2D eigenvalue weighted by Gasteiger charge is 2.43. The van der Waals surface area contributed by atoms with Gasteiger partial charge in [-0.15, -0.1) is 0 Å². The SMILES string of the molecule is C[C@@H]1COC[C@@](CO)(CNS(=O)(=O)c2ccoc2)N1Cc1ccccc1. The van der Waals surface area contributed by atoms with Crippen LogP contribution < -0.4 is 4.72 Å². The number of furan rings is 1. The number of nitrogens with zero attached hydrogens (tertiary/aromatic N) is 1. The fourth-order valence-corrected chi connectivity index (χ4v) is 4.27. The van der Waals surface area contributed by atoms with Crippen molar-refractivity contribution in [3.8, 4) is 0 Å². The zero-order valence-corrected chi connectivity index (χ0v) is 15.5. The minimum atomic E-state index is -3.72. The Morgan fingerprint density at radius 1 is 1.31 bits per heavy atom. The first-order valence-electron chi connectivity index (χ1n) is 8.48. The molecule has 0 spiro atoms. The molecule has 1 aliphatic heterocycles. The zero-order valence-electron chi connectivity index (χ0n) is 14.7. The lowest BCUT2D eigenvalue weighted by molar-refractivity contribution is -0.120. The van der Waals surface area contributed by atoms with Crippen molar-refractivity contribution in [3.63, 3.8) is 0 Å². The molecule has 1 saturated heterocycles. The lowest BCUT2D eigenvalue weighted by Gasteiger charge is -2.49. The maximum absolute atomic E-state index is 12.4. The van der Waals surface area contributed by atoms with E-state index in [1.54, 1.807) is 0 Å². The van der Waals surface area contributed by atoms with Crippen molar-refractivity contribution in [2.45, 2.75) is 29.9 Å². The van der Waals surface area contributed by atoms with E-state index in [2.05, 4.69) is 9.62 Å². The first kappa shape index (κ1) is 19.1. The van der Waals surface area contributed by atoms with Crippen molar-refractivity contribution >= 4 is 10.0 Å². The van der Waals surface area contributed by atoms with Gasteiger partial charge in [0, 0.05) is 19.1 Å². The van der Waals surface area contributed by atoms with Crippen molar-refractivity contribution in [1.82, 2.24) is 9.62 Å². The van der Waals surface area contributed by atoms with E-state index in [0.29, 0.717) is 13.2 Å². The van der Waals surface area contributed by atoms with Crippen molar-refractivity contribution in [3.05, 3.63) is 54.5 Å². The average molecular weight is 380 g/mol. The average Bonchev–Trinajstić information content (AvgIpc) is 3.19. The third-order valence-corrected chi connectivity index (χ3v) is 6.14. The van der Waals surface area contributed by atoms with Gasteiger partial charge in [0.15, 0.2) is 0 Å². The van der Waals surface area contributed by atoms with Crippen LogP contribution in [0.1, 0.15) is 12.5 Å². The Morgan fingerprint density at radius 2 is 2.08 bits per heavy atom. The van der Waals surface area contributed by atoms with E-state index >= 15 is 0 Å². The highest BCUT2D eigenvalue weighted by molar-refractivity contribution is 7.89. The highest BCUT2D eigenvalue weighted by atomic mass is 32.2. The maximum atomic E-state index is 12.4. The third-order valence-electron chi connectivity index (χ3n) is 4.76. The van der Waals surface area contributed by atoms with Gasteiger partial charge in [-0.05, 0) is 18.6 Å². The monoisotopic (exact) mass is 380 g/mol. The van der Waals surface area contributed by atoms with Gasteiger partial charge >= 0.3 is 0 Å². The molecule has 1 aliphatic rings. The Morgan fingerprint density at radius 3 is 2.73 bits per heavy atom. The molecule has 0 radical (unpaired) electrons. The van der Waals surface area contributed by atoms with E-state index in [4.69, 9.17) is 9.15 Å². The van der Waals surface area contributed by atoms with Gasteiger partial charge in [0.1, 0.15) is 11.2 Å². The van der Waals surface area contributed by atoms with Crippen LogP contribution in [0, 0.1) is 0 Å². The second-order valence-corrected chi connectivity index (χ2v) is 8.41. The second kappa shape index (κ2) is 7.89. The molecular weight excluding hydrogens is 356 g/mol. The molecule has 2 aromatic rings. The smallest absolute Gasteiger partial charge is 0.243 e. The van der Waals surface area contributed by atoms with Crippen LogP contribution in [0.3, 0.4) is 0 Å². The largest absolute Gasteiger partial charge is 0.471 e. The van der Waals surface area contributed by atoms with E-state index in [1.807, 2.05) is 37.3 Å². The predicted molar refractivity (Wildman–Crippen MR) is 96.0 cm³/mol.